The van der Waals surface area contributed by atoms with Gasteiger partial charge in [-0.3, -0.25) is 4.98 Å². The second kappa shape index (κ2) is 7.15. The second-order valence-corrected chi connectivity index (χ2v) is 5.04. The van der Waals surface area contributed by atoms with E-state index >= 15 is 0 Å². The molecule has 0 amide bonds. The molecule has 1 aromatic carbocycles. The van der Waals surface area contributed by atoms with Crippen molar-refractivity contribution >= 4 is 0 Å². The molecule has 0 fully saturated rings. The van der Waals surface area contributed by atoms with Crippen molar-refractivity contribution in [2.45, 2.75) is 38.8 Å². The number of hydrogen-bond donors (Lipinski definition) is 1. The fraction of sp³-hybridized carbons (Fsp3) is 0.353. The predicted molar refractivity (Wildman–Crippen MR) is 79.8 cm³/mol. The fourth-order valence-electron chi connectivity index (χ4n) is 2.35. The van der Waals surface area contributed by atoms with E-state index in [2.05, 4.69) is 48.4 Å². The van der Waals surface area contributed by atoms with E-state index in [0.29, 0.717) is 6.04 Å². The van der Waals surface area contributed by atoms with Crippen molar-refractivity contribution in [2.75, 3.05) is 0 Å². The molecule has 3 heteroatoms. The van der Waals surface area contributed by atoms with E-state index in [0.717, 1.165) is 18.5 Å². The Morgan fingerprint density at radius 3 is 2.50 bits per heavy atom. The van der Waals surface area contributed by atoms with Gasteiger partial charge in [0.15, 0.2) is 0 Å². The fourth-order valence-corrected chi connectivity index (χ4v) is 2.35. The maximum absolute atomic E-state index is 12.9. The van der Waals surface area contributed by atoms with E-state index in [1.54, 1.807) is 6.07 Å². The van der Waals surface area contributed by atoms with Crippen LogP contribution in [0.1, 0.15) is 50.0 Å². The van der Waals surface area contributed by atoms with E-state index in [-0.39, 0.29) is 11.9 Å². The number of hydrogen-bond acceptors (Lipinski definition) is 2. The number of nitrogens with one attached hydrogen (secondary N) is 1. The molecule has 0 aliphatic carbocycles. The van der Waals surface area contributed by atoms with Crippen LogP contribution >= 0.6 is 0 Å². The smallest absolute Gasteiger partial charge is 0.141 e. The number of pyridine rings is 1. The van der Waals surface area contributed by atoms with Crippen LogP contribution in [0, 0.1) is 5.82 Å². The van der Waals surface area contributed by atoms with E-state index in [9.17, 15) is 4.39 Å². The molecule has 2 unspecified atom stereocenters. The zero-order valence-electron chi connectivity index (χ0n) is 12.0. The lowest BCUT2D eigenvalue weighted by Gasteiger charge is -2.23. The first kappa shape index (κ1) is 14.7. The first-order valence-corrected chi connectivity index (χ1v) is 7.13. The highest BCUT2D eigenvalue weighted by Crippen LogP contribution is 2.22. The highest BCUT2D eigenvalue weighted by molar-refractivity contribution is 5.20. The Morgan fingerprint density at radius 1 is 1.15 bits per heavy atom. The Balaban J connectivity index is 2.10. The van der Waals surface area contributed by atoms with Crippen molar-refractivity contribution in [1.82, 2.24) is 10.3 Å². The van der Waals surface area contributed by atoms with Crippen molar-refractivity contribution in [3.8, 4) is 0 Å². The summed E-state index contributed by atoms with van der Waals surface area (Å²) in [7, 11) is 0. The first-order chi connectivity index (χ1) is 9.70. The molecule has 0 saturated heterocycles. The number of rotatable bonds is 6. The summed E-state index contributed by atoms with van der Waals surface area (Å²) in [5.41, 5.74) is 2.15. The van der Waals surface area contributed by atoms with E-state index in [1.165, 1.54) is 17.8 Å². The molecule has 0 aliphatic heterocycles. The lowest BCUT2D eigenvalue weighted by Crippen LogP contribution is -2.25. The van der Waals surface area contributed by atoms with E-state index in [4.69, 9.17) is 0 Å². The maximum atomic E-state index is 12.9. The summed E-state index contributed by atoms with van der Waals surface area (Å²) < 4.78 is 12.9. The van der Waals surface area contributed by atoms with Gasteiger partial charge in [0.05, 0.1) is 11.9 Å². The van der Waals surface area contributed by atoms with Crippen LogP contribution in [0.3, 0.4) is 0 Å². The van der Waals surface area contributed by atoms with E-state index < -0.39 is 0 Å². The monoisotopic (exact) mass is 272 g/mol. The van der Waals surface area contributed by atoms with Crippen LogP contribution in [-0.2, 0) is 0 Å². The van der Waals surface area contributed by atoms with Crippen molar-refractivity contribution in [1.29, 1.82) is 0 Å². The van der Waals surface area contributed by atoms with Crippen LogP contribution in [0.2, 0.25) is 0 Å². The van der Waals surface area contributed by atoms with Gasteiger partial charge in [-0.15, -0.1) is 0 Å². The average Bonchev–Trinajstić information content (AvgIpc) is 2.48. The normalized spacial score (nSPS) is 13.9. The topological polar surface area (TPSA) is 24.9 Å². The number of nitrogens with zero attached hydrogens (tertiary/aromatic N) is 1. The third-order valence-electron chi connectivity index (χ3n) is 3.42. The molecule has 0 spiro atoms. The predicted octanol–water partition coefficient (Wildman–Crippen LogP) is 4.41. The molecule has 1 heterocycles. The molecular formula is C17H21FN2. The average molecular weight is 272 g/mol. The molecule has 2 atom stereocenters. The Hall–Kier alpha value is -1.74. The molecule has 1 aromatic heterocycles. The van der Waals surface area contributed by atoms with Gasteiger partial charge >= 0.3 is 0 Å². The lowest BCUT2D eigenvalue weighted by molar-refractivity contribution is 0.433. The standard InChI is InChI=1S/C17H21FN2/c1-3-7-17(14-8-5-4-6-9-14)20-13(2)16-11-10-15(18)12-19-16/h4-6,8-13,17,20H,3,7H2,1-2H3. The summed E-state index contributed by atoms with van der Waals surface area (Å²) in [5.74, 6) is -0.297. The molecule has 2 rings (SSSR count). The van der Waals surface area contributed by atoms with Crippen molar-refractivity contribution < 1.29 is 4.39 Å². The van der Waals surface area contributed by atoms with Gasteiger partial charge in [-0.05, 0) is 31.0 Å². The van der Waals surface area contributed by atoms with Gasteiger partial charge in [0.2, 0.25) is 0 Å². The van der Waals surface area contributed by atoms with Crippen LogP contribution in [-0.4, -0.2) is 4.98 Å². The second-order valence-electron chi connectivity index (χ2n) is 5.04. The summed E-state index contributed by atoms with van der Waals surface area (Å²) >= 11 is 0. The minimum absolute atomic E-state index is 0.0901. The van der Waals surface area contributed by atoms with Gasteiger partial charge in [-0.1, -0.05) is 43.7 Å². The minimum atomic E-state index is -0.297. The molecule has 0 aliphatic rings. The van der Waals surface area contributed by atoms with Crippen molar-refractivity contribution in [2.24, 2.45) is 0 Å². The molecular weight excluding hydrogens is 251 g/mol. The summed E-state index contributed by atoms with van der Waals surface area (Å²) in [4.78, 5) is 4.15. The highest BCUT2D eigenvalue weighted by Gasteiger charge is 2.15. The molecule has 20 heavy (non-hydrogen) atoms. The van der Waals surface area contributed by atoms with Gasteiger partial charge in [0, 0.05) is 12.1 Å². The third-order valence-corrected chi connectivity index (χ3v) is 3.42. The van der Waals surface area contributed by atoms with Crippen LogP contribution < -0.4 is 5.32 Å². The molecule has 1 N–H and O–H groups in total. The van der Waals surface area contributed by atoms with Gasteiger partial charge in [0.25, 0.3) is 0 Å². The maximum Gasteiger partial charge on any atom is 0.141 e. The van der Waals surface area contributed by atoms with Gasteiger partial charge in [0.1, 0.15) is 5.82 Å². The Kier molecular flexibility index (Phi) is 5.24. The number of halogens is 1. The van der Waals surface area contributed by atoms with Crippen molar-refractivity contribution in [3.05, 3.63) is 65.7 Å². The van der Waals surface area contributed by atoms with E-state index in [1.807, 2.05) is 6.07 Å². The Morgan fingerprint density at radius 2 is 1.90 bits per heavy atom. The third kappa shape index (κ3) is 3.87. The molecule has 0 radical (unpaired) electrons. The summed E-state index contributed by atoms with van der Waals surface area (Å²) in [5, 5.41) is 3.58. The molecule has 2 aromatic rings. The SMILES string of the molecule is CCCC(NC(C)c1ccc(F)cn1)c1ccccc1. The lowest BCUT2D eigenvalue weighted by atomic mass is 10.0. The number of benzene rings is 1. The van der Waals surface area contributed by atoms with Crippen LogP contribution in [0.25, 0.3) is 0 Å². The van der Waals surface area contributed by atoms with Gasteiger partial charge in [-0.25, -0.2) is 4.39 Å². The first-order valence-electron chi connectivity index (χ1n) is 7.13. The molecule has 0 saturated carbocycles. The quantitative estimate of drug-likeness (QED) is 0.842. The summed E-state index contributed by atoms with van der Waals surface area (Å²) in [6, 6.07) is 14.0. The number of aromatic nitrogens is 1. The minimum Gasteiger partial charge on any atom is -0.302 e. The van der Waals surface area contributed by atoms with Crippen LogP contribution in [0.15, 0.2) is 48.7 Å². The molecule has 106 valence electrons. The largest absolute Gasteiger partial charge is 0.302 e. The Labute approximate surface area is 120 Å². The van der Waals surface area contributed by atoms with Gasteiger partial charge in [-0.2, -0.15) is 0 Å². The van der Waals surface area contributed by atoms with Crippen LogP contribution in [0.5, 0.6) is 0 Å². The zero-order chi connectivity index (χ0) is 14.4. The molecule has 0 bridgehead atoms. The highest BCUT2D eigenvalue weighted by atomic mass is 19.1. The summed E-state index contributed by atoms with van der Waals surface area (Å²) in [6.45, 7) is 4.24. The summed E-state index contributed by atoms with van der Waals surface area (Å²) in [6.07, 6.45) is 3.44. The van der Waals surface area contributed by atoms with Gasteiger partial charge < -0.3 is 5.32 Å². The molecule has 2 nitrogen and oxygen atoms in total. The van der Waals surface area contributed by atoms with Crippen molar-refractivity contribution in [3.63, 3.8) is 0 Å². The zero-order valence-corrected chi connectivity index (χ0v) is 12.0. The van der Waals surface area contributed by atoms with Crippen LogP contribution in [0.4, 0.5) is 4.39 Å². The Bertz CT molecular complexity index is 510.